The van der Waals surface area contributed by atoms with Crippen LogP contribution in [0.3, 0.4) is 0 Å². The van der Waals surface area contributed by atoms with Crippen LogP contribution in [0.5, 0.6) is 0 Å². The molecule has 2 aromatic rings. The van der Waals surface area contributed by atoms with E-state index in [0.29, 0.717) is 24.5 Å². The van der Waals surface area contributed by atoms with Gasteiger partial charge in [-0.05, 0) is 48.4 Å². The zero-order valence-corrected chi connectivity index (χ0v) is 19.9. The van der Waals surface area contributed by atoms with Crippen molar-refractivity contribution in [1.82, 2.24) is 14.9 Å². The third kappa shape index (κ3) is 6.16. The second-order valence-corrected chi connectivity index (χ2v) is 9.41. The number of thiophene rings is 1. The lowest BCUT2D eigenvalue weighted by Crippen LogP contribution is -2.37. The van der Waals surface area contributed by atoms with E-state index in [1.165, 1.54) is 4.88 Å². The van der Waals surface area contributed by atoms with Gasteiger partial charge in [0.25, 0.3) is 0 Å². The molecule has 0 aliphatic carbocycles. The van der Waals surface area contributed by atoms with Crippen LogP contribution >= 0.6 is 35.3 Å². The number of sulfonamides is 1. The minimum atomic E-state index is -3.35. The molecule has 1 aliphatic heterocycles. The van der Waals surface area contributed by atoms with Gasteiger partial charge in [0, 0.05) is 38.1 Å². The molecule has 1 aliphatic rings. The van der Waals surface area contributed by atoms with Crippen molar-refractivity contribution < 1.29 is 8.42 Å². The lowest BCUT2D eigenvalue weighted by atomic mass is 10.2. The van der Waals surface area contributed by atoms with Crippen LogP contribution in [-0.2, 0) is 23.0 Å². The average Bonchev–Trinajstić information content (AvgIpc) is 3.39. The SMILES string of the molecule is CN=C(NCCc1cccs1)NCc1ccc(S(=O)(=O)N2CCCC2)cc1.I. The minimum Gasteiger partial charge on any atom is -0.356 e. The molecule has 154 valence electrons. The summed E-state index contributed by atoms with van der Waals surface area (Å²) in [4.78, 5) is 5.93. The Morgan fingerprint density at radius 2 is 1.86 bits per heavy atom. The van der Waals surface area contributed by atoms with Crippen molar-refractivity contribution in [3.63, 3.8) is 0 Å². The molecule has 0 unspecified atom stereocenters. The topological polar surface area (TPSA) is 73.8 Å². The van der Waals surface area contributed by atoms with Crippen molar-refractivity contribution in [2.24, 2.45) is 4.99 Å². The van der Waals surface area contributed by atoms with Gasteiger partial charge in [0.1, 0.15) is 0 Å². The molecule has 6 nitrogen and oxygen atoms in total. The first kappa shape index (κ1) is 23.1. The third-order valence-corrected chi connectivity index (χ3v) is 7.40. The Labute approximate surface area is 188 Å². The molecule has 9 heteroatoms. The summed E-state index contributed by atoms with van der Waals surface area (Å²) in [7, 11) is -1.60. The van der Waals surface area contributed by atoms with Crippen LogP contribution in [0.15, 0.2) is 51.7 Å². The highest BCUT2D eigenvalue weighted by Crippen LogP contribution is 2.21. The average molecular weight is 534 g/mol. The van der Waals surface area contributed by atoms with Gasteiger partial charge in [-0.1, -0.05) is 18.2 Å². The highest BCUT2D eigenvalue weighted by molar-refractivity contribution is 14.0. The van der Waals surface area contributed by atoms with Crippen molar-refractivity contribution in [2.75, 3.05) is 26.7 Å². The Kier molecular flexibility index (Phi) is 9.19. The third-order valence-electron chi connectivity index (χ3n) is 4.55. The zero-order valence-electron chi connectivity index (χ0n) is 15.9. The maximum atomic E-state index is 12.6. The van der Waals surface area contributed by atoms with Crippen LogP contribution in [0.1, 0.15) is 23.3 Å². The number of hydrogen-bond donors (Lipinski definition) is 2. The normalized spacial score (nSPS) is 15.2. The first-order valence-electron chi connectivity index (χ1n) is 9.15. The summed E-state index contributed by atoms with van der Waals surface area (Å²) in [6, 6.07) is 11.3. The standard InChI is InChI=1S/C19H26N4O2S2.HI/c1-20-19(21-11-10-17-5-4-14-26-17)22-15-16-6-8-18(9-7-16)27(24,25)23-12-2-3-13-23;/h4-9,14H,2-3,10-13,15H2,1H3,(H2,20,21,22);1H. The van der Waals surface area contributed by atoms with E-state index in [0.717, 1.165) is 37.3 Å². The molecule has 1 aromatic heterocycles. The molecule has 3 rings (SSSR count). The summed E-state index contributed by atoms with van der Waals surface area (Å²) < 4.78 is 26.7. The molecule has 2 N–H and O–H groups in total. The van der Waals surface area contributed by atoms with Crippen molar-refractivity contribution >= 4 is 51.3 Å². The number of benzene rings is 1. The monoisotopic (exact) mass is 534 g/mol. The number of nitrogens with zero attached hydrogens (tertiary/aromatic N) is 2. The predicted molar refractivity (Wildman–Crippen MR) is 126 cm³/mol. The molecule has 28 heavy (non-hydrogen) atoms. The van der Waals surface area contributed by atoms with Crippen molar-refractivity contribution in [1.29, 1.82) is 0 Å². The molecular weight excluding hydrogens is 507 g/mol. The zero-order chi connectivity index (χ0) is 19.1. The van der Waals surface area contributed by atoms with E-state index >= 15 is 0 Å². The van der Waals surface area contributed by atoms with E-state index in [2.05, 4.69) is 33.1 Å². The van der Waals surface area contributed by atoms with E-state index < -0.39 is 10.0 Å². The van der Waals surface area contributed by atoms with Gasteiger partial charge < -0.3 is 10.6 Å². The van der Waals surface area contributed by atoms with Gasteiger partial charge >= 0.3 is 0 Å². The Hall–Kier alpha value is -1.17. The van der Waals surface area contributed by atoms with E-state index in [-0.39, 0.29) is 24.0 Å². The van der Waals surface area contributed by atoms with Gasteiger partial charge in [-0.15, -0.1) is 35.3 Å². The Bertz CT molecular complexity index is 847. The van der Waals surface area contributed by atoms with Gasteiger partial charge in [-0.3, -0.25) is 4.99 Å². The second kappa shape index (κ2) is 11.1. The van der Waals surface area contributed by atoms with Gasteiger partial charge in [-0.2, -0.15) is 4.31 Å². The fourth-order valence-corrected chi connectivity index (χ4v) is 5.25. The molecule has 1 aromatic carbocycles. The number of aliphatic imine (C=N–C) groups is 1. The van der Waals surface area contributed by atoms with Gasteiger partial charge in [0.05, 0.1) is 4.90 Å². The van der Waals surface area contributed by atoms with Crippen LogP contribution in [0, 0.1) is 0 Å². The van der Waals surface area contributed by atoms with Crippen LogP contribution in [-0.4, -0.2) is 45.4 Å². The number of rotatable bonds is 7. The molecule has 0 bridgehead atoms. The van der Waals surface area contributed by atoms with E-state index in [4.69, 9.17) is 0 Å². The predicted octanol–water partition coefficient (Wildman–Crippen LogP) is 3.06. The summed E-state index contributed by atoms with van der Waals surface area (Å²) in [5, 5.41) is 8.63. The highest BCUT2D eigenvalue weighted by atomic mass is 127. The Morgan fingerprint density at radius 1 is 1.14 bits per heavy atom. The maximum Gasteiger partial charge on any atom is 0.243 e. The molecule has 0 spiro atoms. The second-order valence-electron chi connectivity index (χ2n) is 6.44. The van der Waals surface area contributed by atoms with Gasteiger partial charge in [0.15, 0.2) is 5.96 Å². The molecule has 2 heterocycles. The van der Waals surface area contributed by atoms with Crippen LogP contribution in [0.25, 0.3) is 0 Å². The highest BCUT2D eigenvalue weighted by Gasteiger charge is 2.26. The van der Waals surface area contributed by atoms with Gasteiger partial charge in [-0.25, -0.2) is 8.42 Å². The first-order chi connectivity index (χ1) is 13.1. The summed E-state index contributed by atoms with van der Waals surface area (Å²) in [5.41, 5.74) is 1.01. The smallest absolute Gasteiger partial charge is 0.243 e. The largest absolute Gasteiger partial charge is 0.356 e. The molecule has 0 saturated carbocycles. The van der Waals surface area contributed by atoms with Crippen LogP contribution in [0.4, 0.5) is 0 Å². The lowest BCUT2D eigenvalue weighted by molar-refractivity contribution is 0.477. The van der Waals surface area contributed by atoms with Crippen molar-refractivity contribution in [2.45, 2.75) is 30.7 Å². The molecule has 0 amide bonds. The minimum absolute atomic E-state index is 0. The molecule has 1 fully saturated rings. The number of halogens is 1. The molecule has 0 radical (unpaired) electrons. The first-order valence-corrected chi connectivity index (χ1v) is 11.5. The molecule has 0 atom stereocenters. The van der Waals surface area contributed by atoms with Crippen molar-refractivity contribution in [3.8, 4) is 0 Å². The fourth-order valence-electron chi connectivity index (χ4n) is 3.02. The molecule has 1 saturated heterocycles. The summed E-state index contributed by atoms with van der Waals surface area (Å²) in [5.74, 6) is 0.736. The quantitative estimate of drug-likeness (QED) is 0.326. The summed E-state index contributed by atoms with van der Waals surface area (Å²) >= 11 is 1.75. The fraction of sp³-hybridized carbons (Fsp3) is 0.421. The van der Waals surface area contributed by atoms with Crippen molar-refractivity contribution in [3.05, 3.63) is 52.2 Å². The lowest BCUT2D eigenvalue weighted by Gasteiger charge is -2.16. The van der Waals surface area contributed by atoms with E-state index in [1.54, 1.807) is 34.8 Å². The number of nitrogens with one attached hydrogen (secondary N) is 2. The number of guanidine groups is 1. The van der Waals surface area contributed by atoms with Gasteiger partial charge in [0.2, 0.25) is 10.0 Å². The Morgan fingerprint density at radius 3 is 2.46 bits per heavy atom. The van der Waals surface area contributed by atoms with E-state index in [1.807, 2.05) is 12.1 Å². The van der Waals surface area contributed by atoms with Crippen LogP contribution in [0.2, 0.25) is 0 Å². The summed E-state index contributed by atoms with van der Waals surface area (Å²) in [6.45, 7) is 2.65. The maximum absolute atomic E-state index is 12.6. The van der Waals surface area contributed by atoms with Crippen LogP contribution < -0.4 is 10.6 Å². The number of hydrogen-bond acceptors (Lipinski definition) is 4. The van der Waals surface area contributed by atoms with E-state index in [9.17, 15) is 8.42 Å². The molecular formula is C19H27IN4O2S2. The summed E-state index contributed by atoms with van der Waals surface area (Å²) in [6.07, 6.45) is 2.85. The Balaban J connectivity index is 0.00000280.